The van der Waals surface area contributed by atoms with Crippen LogP contribution < -0.4 is 10.0 Å². The number of nitrogens with zero attached hydrogens (tertiary/aromatic N) is 3. The van der Waals surface area contributed by atoms with Gasteiger partial charge in [-0.2, -0.15) is 0 Å². The molecule has 0 aliphatic heterocycles. The number of rotatable bonds is 7. The summed E-state index contributed by atoms with van der Waals surface area (Å²) in [6.45, 7) is 5.14. The van der Waals surface area contributed by atoms with Gasteiger partial charge in [-0.1, -0.05) is 26.0 Å². The largest absolute Gasteiger partial charge is 0.367 e. The summed E-state index contributed by atoms with van der Waals surface area (Å²) in [7, 11) is -1.15. The summed E-state index contributed by atoms with van der Waals surface area (Å²) < 4.78 is 18.2. The van der Waals surface area contributed by atoms with E-state index in [0.29, 0.717) is 12.0 Å². The van der Waals surface area contributed by atoms with Crippen molar-refractivity contribution in [1.29, 1.82) is 0 Å². The zero-order chi connectivity index (χ0) is 19.0. The lowest BCUT2D eigenvalue weighted by molar-refractivity contribution is 0.671. The maximum atomic E-state index is 12.3. The van der Waals surface area contributed by atoms with E-state index in [-0.39, 0.29) is 0 Å². The fraction of sp³-hybridized carbons (Fsp3) is 0.368. The van der Waals surface area contributed by atoms with Gasteiger partial charge in [0.2, 0.25) is 0 Å². The quantitative estimate of drug-likeness (QED) is 0.573. The van der Waals surface area contributed by atoms with E-state index < -0.39 is 11.0 Å². The molecule has 2 N–H and O–H groups in total. The van der Waals surface area contributed by atoms with Crippen molar-refractivity contribution >= 4 is 38.4 Å². The molecule has 0 radical (unpaired) electrons. The fourth-order valence-corrected chi connectivity index (χ4v) is 4.20. The van der Waals surface area contributed by atoms with Gasteiger partial charge in [-0.15, -0.1) is 0 Å². The van der Waals surface area contributed by atoms with Crippen molar-refractivity contribution in [2.75, 3.05) is 11.9 Å². The molecule has 1 aliphatic carbocycles. The molecule has 3 aromatic rings. The maximum Gasteiger partial charge on any atom is 0.180 e. The number of hydrogen-bond acceptors (Lipinski definition) is 4. The maximum absolute atomic E-state index is 12.3. The summed E-state index contributed by atoms with van der Waals surface area (Å²) in [5, 5.41) is 3.37. The second-order valence-electron chi connectivity index (χ2n) is 7.21. The van der Waals surface area contributed by atoms with E-state index in [1.165, 1.54) is 0 Å². The number of nitrogens with one attached hydrogen (secondary N) is 2. The van der Waals surface area contributed by atoms with E-state index in [1.54, 1.807) is 0 Å². The molecular formula is C19H22BrN5OS. The third kappa shape index (κ3) is 4.23. The standard InChI is InChI=1S/C19H22BrN5OS/c1-12(2)9-21-18-19-22-10-16(25(19)11-17(20)23-18)13-3-7-15(8-4-13)27(26)24-14-5-6-14/h3-4,7-8,10-12,14,24H,5-6,9H2,1-2H3,(H,21,23). The summed E-state index contributed by atoms with van der Waals surface area (Å²) >= 11 is 3.49. The van der Waals surface area contributed by atoms with Gasteiger partial charge >= 0.3 is 0 Å². The Balaban J connectivity index is 1.64. The highest BCUT2D eigenvalue weighted by atomic mass is 79.9. The van der Waals surface area contributed by atoms with Crippen molar-refractivity contribution in [2.45, 2.75) is 37.6 Å². The third-order valence-electron chi connectivity index (χ3n) is 4.36. The van der Waals surface area contributed by atoms with Crippen LogP contribution in [0.5, 0.6) is 0 Å². The number of imidazole rings is 1. The lowest BCUT2D eigenvalue weighted by atomic mass is 10.2. The van der Waals surface area contributed by atoms with Gasteiger partial charge in [0, 0.05) is 24.3 Å². The first-order valence-corrected chi connectivity index (χ1v) is 11.0. The number of hydrogen-bond donors (Lipinski definition) is 2. The van der Waals surface area contributed by atoms with E-state index in [9.17, 15) is 4.21 Å². The average molecular weight is 448 g/mol. The summed E-state index contributed by atoms with van der Waals surface area (Å²) in [6.07, 6.45) is 5.99. The average Bonchev–Trinajstić information content (AvgIpc) is 3.36. The van der Waals surface area contributed by atoms with Crippen molar-refractivity contribution in [2.24, 2.45) is 5.92 Å². The molecule has 0 bridgehead atoms. The van der Waals surface area contributed by atoms with Gasteiger partial charge in [0.15, 0.2) is 11.5 Å². The molecule has 1 aliphatic rings. The van der Waals surface area contributed by atoms with Crippen LogP contribution in [0.25, 0.3) is 16.9 Å². The molecule has 1 unspecified atom stereocenters. The third-order valence-corrected chi connectivity index (χ3v) is 5.99. The van der Waals surface area contributed by atoms with Crippen LogP contribution in [0.1, 0.15) is 26.7 Å². The molecule has 1 aromatic carbocycles. The van der Waals surface area contributed by atoms with Gasteiger partial charge in [-0.25, -0.2) is 18.9 Å². The summed E-state index contributed by atoms with van der Waals surface area (Å²) in [5.74, 6) is 1.27. The van der Waals surface area contributed by atoms with Crippen molar-refractivity contribution in [3.63, 3.8) is 0 Å². The van der Waals surface area contributed by atoms with Crippen molar-refractivity contribution in [1.82, 2.24) is 19.1 Å². The Morgan fingerprint density at radius 3 is 2.70 bits per heavy atom. The van der Waals surface area contributed by atoms with Crippen LogP contribution in [0, 0.1) is 5.92 Å². The second kappa shape index (κ2) is 7.69. The molecule has 4 rings (SSSR count). The smallest absolute Gasteiger partial charge is 0.180 e. The Morgan fingerprint density at radius 1 is 1.30 bits per heavy atom. The molecule has 2 aromatic heterocycles. The molecule has 0 spiro atoms. The predicted octanol–water partition coefficient (Wildman–Crippen LogP) is 4.00. The van der Waals surface area contributed by atoms with Crippen molar-refractivity contribution in [3.05, 3.63) is 41.3 Å². The molecule has 27 heavy (non-hydrogen) atoms. The molecule has 1 saturated carbocycles. The van der Waals surface area contributed by atoms with E-state index in [2.05, 4.69) is 49.8 Å². The number of aromatic nitrogens is 3. The van der Waals surface area contributed by atoms with E-state index in [0.717, 1.165) is 51.6 Å². The molecule has 1 fully saturated rings. The Morgan fingerprint density at radius 2 is 2.04 bits per heavy atom. The summed E-state index contributed by atoms with van der Waals surface area (Å²) in [6, 6.07) is 8.20. The zero-order valence-electron chi connectivity index (χ0n) is 15.3. The number of fused-ring (bicyclic) bond motifs is 1. The van der Waals surface area contributed by atoms with Crippen LogP contribution in [-0.2, 0) is 11.0 Å². The Hall–Kier alpha value is -1.77. The minimum Gasteiger partial charge on any atom is -0.367 e. The predicted molar refractivity (Wildman–Crippen MR) is 112 cm³/mol. The zero-order valence-corrected chi connectivity index (χ0v) is 17.7. The summed E-state index contributed by atoms with van der Waals surface area (Å²) in [5.41, 5.74) is 2.77. The molecule has 0 amide bonds. The molecule has 6 nitrogen and oxygen atoms in total. The SMILES string of the molecule is CC(C)CNc1nc(Br)cn2c(-c3ccc(S(=O)NC4CC4)cc3)cnc12. The number of anilines is 1. The fourth-order valence-electron chi connectivity index (χ4n) is 2.76. The van der Waals surface area contributed by atoms with Crippen molar-refractivity contribution < 1.29 is 4.21 Å². The van der Waals surface area contributed by atoms with Crippen LogP contribution in [0.15, 0.2) is 46.2 Å². The van der Waals surface area contributed by atoms with Gasteiger partial charge in [0.05, 0.1) is 16.8 Å². The van der Waals surface area contributed by atoms with E-state index >= 15 is 0 Å². The van der Waals surface area contributed by atoms with Gasteiger partial charge in [0.25, 0.3) is 0 Å². The van der Waals surface area contributed by atoms with E-state index in [4.69, 9.17) is 0 Å². The molecular weight excluding hydrogens is 426 g/mol. The first kappa shape index (κ1) is 18.6. The highest BCUT2D eigenvalue weighted by molar-refractivity contribution is 9.10. The van der Waals surface area contributed by atoms with Gasteiger partial charge in [-0.3, -0.25) is 4.40 Å². The van der Waals surface area contributed by atoms with E-state index in [1.807, 2.05) is 41.1 Å². The minimum atomic E-state index is -1.15. The highest BCUT2D eigenvalue weighted by Crippen LogP contribution is 2.27. The minimum absolute atomic E-state index is 0.408. The highest BCUT2D eigenvalue weighted by Gasteiger charge is 2.23. The molecule has 142 valence electrons. The van der Waals surface area contributed by atoms with Gasteiger partial charge in [0.1, 0.15) is 15.6 Å². The lowest BCUT2D eigenvalue weighted by Gasteiger charge is -2.11. The normalized spacial score (nSPS) is 15.4. The first-order valence-electron chi connectivity index (χ1n) is 9.07. The Kier molecular flexibility index (Phi) is 5.29. The van der Waals surface area contributed by atoms with Crippen LogP contribution in [-0.4, -0.2) is 31.2 Å². The lowest BCUT2D eigenvalue weighted by Crippen LogP contribution is -2.19. The first-order chi connectivity index (χ1) is 13.0. The van der Waals surface area contributed by atoms with Crippen LogP contribution >= 0.6 is 15.9 Å². The van der Waals surface area contributed by atoms with Crippen LogP contribution in [0.4, 0.5) is 5.82 Å². The second-order valence-corrected chi connectivity index (χ2v) is 9.27. The van der Waals surface area contributed by atoms with Gasteiger partial charge < -0.3 is 5.32 Å². The molecule has 1 atom stereocenters. The Labute approximate surface area is 169 Å². The summed E-state index contributed by atoms with van der Waals surface area (Å²) in [4.78, 5) is 9.88. The molecule has 8 heteroatoms. The molecule has 2 heterocycles. The Bertz CT molecular complexity index is 982. The van der Waals surface area contributed by atoms with Crippen molar-refractivity contribution in [3.8, 4) is 11.3 Å². The topological polar surface area (TPSA) is 71.3 Å². The number of benzene rings is 1. The molecule has 0 saturated heterocycles. The van der Waals surface area contributed by atoms with Crippen LogP contribution in [0.3, 0.4) is 0 Å². The monoisotopic (exact) mass is 447 g/mol. The number of halogens is 1. The van der Waals surface area contributed by atoms with Gasteiger partial charge in [-0.05, 0) is 46.8 Å². The van der Waals surface area contributed by atoms with Crippen LogP contribution in [0.2, 0.25) is 0 Å².